The van der Waals surface area contributed by atoms with Gasteiger partial charge in [-0.15, -0.1) is 0 Å². The van der Waals surface area contributed by atoms with Crippen molar-refractivity contribution in [3.63, 3.8) is 0 Å². The van der Waals surface area contributed by atoms with Gasteiger partial charge in [0, 0.05) is 42.8 Å². The number of nitrogens with zero attached hydrogens (tertiary/aromatic N) is 3. The number of anilines is 2. The van der Waals surface area contributed by atoms with Crippen LogP contribution in [0.25, 0.3) is 20.9 Å². The van der Waals surface area contributed by atoms with Crippen molar-refractivity contribution in [1.29, 1.82) is 0 Å². The Bertz CT molecular complexity index is 1120. The second-order valence-electron chi connectivity index (χ2n) is 6.77. The molecule has 1 amide bonds. The largest absolute Gasteiger partial charge is 0.378 e. The number of thiazole rings is 1. The monoisotopic (exact) mass is 388 g/mol. The highest BCUT2D eigenvalue weighted by molar-refractivity contribution is 7.21. The Morgan fingerprint density at radius 2 is 1.86 bits per heavy atom. The van der Waals surface area contributed by atoms with E-state index in [0.717, 1.165) is 37.9 Å². The van der Waals surface area contributed by atoms with Gasteiger partial charge in [-0.1, -0.05) is 23.5 Å². The lowest BCUT2D eigenvalue weighted by Crippen LogP contribution is -2.14. The third kappa shape index (κ3) is 3.59. The van der Waals surface area contributed by atoms with E-state index in [9.17, 15) is 4.79 Å². The van der Waals surface area contributed by atoms with Crippen LogP contribution in [0.1, 0.15) is 15.9 Å². The summed E-state index contributed by atoms with van der Waals surface area (Å²) >= 11 is 1.54. The molecule has 0 aliphatic rings. The predicted octanol–water partition coefficient (Wildman–Crippen LogP) is 4.99. The summed E-state index contributed by atoms with van der Waals surface area (Å²) in [4.78, 5) is 24.6. The zero-order chi connectivity index (χ0) is 19.7. The van der Waals surface area contributed by atoms with Crippen molar-refractivity contribution in [1.82, 2.24) is 9.97 Å². The first-order valence-corrected chi connectivity index (χ1v) is 9.74. The van der Waals surface area contributed by atoms with Crippen LogP contribution in [0.5, 0.6) is 0 Å². The van der Waals surface area contributed by atoms with Gasteiger partial charge in [0.1, 0.15) is 15.4 Å². The number of hydrogen-bond acceptors (Lipinski definition) is 5. The van der Waals surface area contributed by atoms with E-state index in [1.165, 1.54) is 0 Å². The summed E-state index contributed by atoms with van der Waals surface area (Å²) < 4.78 is 0. The minimum atomic E-state index is -0.128. The SMILES string of the molecule is Cc1ccc(-c2nc3cccnc3s2)cc1NC(=O)c1ccc(N(C)C)cc1. The lowest BCUT2D eigenvalue weighted by Gasteiger charge is -2.13. The standard InChI is InChI=1S/C22H20N4OS/c1-14-6-7-16(21-25-18-5-4-12-23-22(18)28-21)13-19(14)24-20(27)15-8-10-17(11-9-15)26(2)3/h4-13H,1-3H3,(H,24,27). The minimum Gasteiger partial charge on any atom is -0.378 e. The maximum absolute atomic E-state index is 12.7. The number of fused-ring (bicyclic) bond motifs is 1. The topological polar surface area (TPSA) is 58.1 Å². The van der Waals surface area contributed by atoms with Crippen molar-refractivity contribution >= 4 is 39.0 Å². The molecule has 4 rings (SSSR count). The van der Waals surface area contributed by atoms with Crippen molar-refractivity contribution in [2.24, 2.45) is 0 Å². The summed E-state index contributed by atoms with van der Waals surface area (Å²) in [6.07, 6.45) is 1.77. The van der Waals surface area contributed by atoms with Gasteiger partial charge in [0.2, 0.25) is 0 Å². The fourth-order valence-corrected chi connectivity index (χ4v) is 3.79. The average Bonchev–Trinajstić information content (AvgIpc) is 3.14. The molecule has 5 nitrogen and oxygen atoms in total. The molecule has 0 saturated carbocycles. The maximum Gasteiger partial charge on any atom is 0.255 e. The number of carbonyl (C=O) groups excluding carboxylic acids is 1. The summed E-state index contributed by atoms with van der Waals surface area (Å²) in [7, 11) is 3.95. The number of carbonyl (C=O) groups is 1. The molecule has 4 aromatic rings. The zero-order valence-corrected chi connectivity index (χ0v) is 16.7. The van der Waals surface area contributed by atoms with E-state index in [4.69, 9.17) is 0 Å². The van der Waals surface area contributed by atoms with Crippen molar-refractivity contribution in [3.05, 3.63) is 71.9 Å². The number of aromatic nitrogens is 2. The molecule has 2 aromatic heterocycles. The van der Waals surface area contributed by atoms with Crippen molar-refractivity contribution in [3.8, 4) is 10.6 Å². The van der Waals surface area contributed by atoms with Crippen LogP contribution >= 0.6 is 11.3 Å². The van der Waals surface area contributed by atoms with Gasteiger partial charge in [0.05, 0.1) is 0 Å². The van der Waals surface area contributed by atoms with Gasteiger partial charge >= 0.3 is 0 Å². The Hall–Kier alpha value is -3.25. The number of benzene rings is 2. The van der Waals surface area contributed by atoms with Crippen molar-refractivity contribution in [2.45, 2.75) is 6.92 Å². The molecular weight excluding hydrogens is 368 g/mol. The molecule has 1 N–H and O–H groups in total. The predicted molar refractivity (Wildman–Crippen MR) is 116 cm³/mol. The van der Waals surface area contributed by atoms with Gasteiger partial charge in [-0.25, -0.2) is 9.97 Å². The normalized spacial score (nSPS) is 10.8. The van der Waals surface area contributed by atoms with E-state index in [1.54, 1.807) is 17.5 Å². The summed E-state index contributed by atoms with van der Waals surface area (Å²) in [6.45, 7) is 1.98. The number of pyridine rings is 1. The first kappa shape index (κ1) is 18.1. The Labute approximate surface area is 167 Å². The molecule has 0 aliphatic carbocycles. The lowest BCUT2D eigenvalue weighted by atomic mass is 10.1. The number of nitrogens with one attached hydrogen (secondary N) is 1. The van der Waals surface area contributed by atoms with Crippen LogP contribution < -0.4 is 10.2 Å². The van der Waals surface area contributed by atoms with E-state index >= 15 is 0 Å². The molecule has 2 aromatic carbocycles. The second-order valence-corrected chi connectivity index (χ2v) is 7.75. The maximum atomic E-state index is 12.7. The molecule has 0 aliphatic heterocycles. The van der Waals surface area contributed by atoms with E-state index < -0.39 is 0 Å². The minimum absolute atomic E-state index is 0.128. The molecular formula is C22H20N4OS. The van der Waals surface area contributed by atoms with Crippen molar-refractivity contribution < 1.29 is 4.79 Å². The second kappa shape index (κ2) is 7.40. The highest BCUT2D eigenvalue weighted by atomic mass is 32.1. The molecule has 0 spiro atoms. The Morgan fingerprint density at radius 3 is 2.57 bits per heavy atom. The molecule has 28 heavy (non-hydrogen) atoms. The third-order valence-electron chi connectivity index (χ3n) is 4.55. The van der Waals surface area contributed by atoms with Gasteiger partial charge in [-0.2, -0.15) is 0 Å². The average molecular weight is 388 g/mol. The summed E-state index contributed by atoms with van der Waals surface area (Å²) in [5, 5.41) is 3.92. The molecule has 0 unspecified atom stereocenters. The quantitative estimate of drug-likeness (QED) is 0.535. The molecule has 0 atom stereocenters. The smallest absolute Gasteiger partial charge is 0.255 e. The first-order chi connectivity index (χ1) is 13.5. The summed E-state index contributed by atoms with van der Waals surface area (Å²) in [5.41, 5.74) is 5.31. The molecule has 0 saturated heterocycles. The number of hydrogen-bond donors (Lipinski definition) is 1. The van der Waals surface area contributed by atoms with Crippen LogP contribution in [-0.2, 0) is 0 Å². The van der Waals surface area contributed by atoms with Gasteiger partial charge in [-0.05, 0) is 55.0 Å². The van der Waals surface area contributed by atoms with Crippen LogP contribution in [0.4, 0.5) is 11.4 Å². The van der Waals surface area contributed by atoms with E-state index in [-0.39, 0.29) is 5.91 Å². The van der Waals surface area contributed by atoms with Crippen LogP contribution in [-0.4, -0.2) is 30.0 Å². The highest BCUT2D eigenvalue weighted by Crippen LogP contribution is 2.31. The van der Waals surface area contributed by atoms with E-state index in [1.807, 2.05) is 80.5 Å². The van der Waals surface area contributed by atoms with Crippen LogP contribution in [0.3, 0.4) is 0 Å². The number of amides is 1. The fourth-order valence-electron chi connectivity index (χ4n) is 2.89. The van der Waals surface area contributed by atoms with Crippen molar-refractivity contribution in [2.75, 3.05) is 24.3 Å². The molecule has 0 fully saturated rings. The third-order valence-corrected chi connectivity index (χ3v) is 5.57. The number of aryl methyl sites for hydroxylation is 1. The van der Waals surface area contributed by atoms with Gasteiger partial charge in [0.15, 0.2) is 0 Å². The molecule has 2 heterocycles. The summed E-state index contributed by atoms with van der Waals surface area (Å²) in [5.74, 6) is -0.128. The number of rotatable bonds is 4. The Balaban J connectivity index is 1.61. The Morgan fingerprint density at radius 1 is 1.07 bits per heavy atom. The highest BCUT2D eigenvalue weighted by Gasteiger charge is 2.12. The van der Waals surface area contributed by atoms with Gasteiger partial charge < -0.3 is 10.2 Å². The van der Waals surface area contributed by atoms with Crippen LogP contribution in [0.2, 0.25) is 0 Å². The van der Waals surface area contributed by atoms with E-state index in [2.05, 4.69) is 15.3 Å². The molecule has 0 radical (unpaired) electrons. The van der Waals surface area contributed by atoms with Gasteiger partial charge in [0.25, 0.3) is 5.91 Å². The molecule has 6 heteroatoms. The summed E-state index contributed by atoms with van der Waals surface area (Å²) in [6, 6.07) is 17.4. The van der Waals surface area contributed by atoms with Crippen LogP contribution in [0, 0.1) is 6.92 Å². The Kier molecular flexibility index (Phi) is 4.79. The lowest BCUT2D eigenvalue weighted by molar-refractivity contribution is 0.102. The molecule has 0 bridgehead atoms. The first-order valence-electron chi connectivity index (χ1n) is 8.92. The zero-order valence-electron chi connectivity index (χ0n) is 15.9. The van der Waals surface area contributed by atoms with Gasteiger partial charge in [-0.3, -0.25) is 4.79 Å². The van der Waals surface area contributed by atoms with Crippen LogP contribution in [0.15, 0.2) is 60.8 Å². The fraction of sp³-hybridized carbons (Fsp3) is 0.136. The van der Waals surface area contributed by atoms with E-state index in [0.29, 0.717) is 5.56 Å². The molecule has 140 valence electrons.